The number of aromatic amines is 1. The van der Waals surface area contributed by atoms with Gasteiger partial charge in [-0.1, -0.05) is 48.0 Å². The van der Waals surface area contributed by atoms with E-state index < -0.39 is 28.4 Å². The van der Waals surface area contributed by atoms with E-state index in [4.69, 9.17) is 5.73 Å². The predicted molar refractivity (Wildman–Crippen MR) is 139 cm³/mol. The van der Waals surface area contributed by atoms with Crippen LogP contribution < -0.4 is 10.0 Å². The summed E-state index contributed by atoms with van der Waals surface area (Å²) < 4.78 is 28.1. The van der Waals surface area contributed by atoms with Crippen LogP contribution in [-0.2, 0) is 26.0 Å². The Hall–Kier alpha value is -4.51. The molecule has 0 fully saturated rings. The number of nitrogens with zero attached hydrogens (tertiary/aromatic N) is 3. The molecule has 190 valence electrons. The lowest BCUT2D eigenvalue weighted by Gasteiger charge is -2.23. The molecule has 0 aliphatic heterocycles. The van der Waals surface area contributed by atoms with Gasteiger partial charge in [-0.25, -0.2) is 8.42 Å². The minimum absolute atomic E-state index is 0.0325. The Balaban J connectivity index is 1.62. The van der Waals surface area contributed by atoms with Crippen LogP contribution in [-0.4, -0.2) is 36.9 Å². The first-order valence-electron chi connectivity index (χ1n) is 11.4. The number of aromatic hydroxyl groups is 1. The molecule has 4 rings (SSSR count). The molecule has 1 aromatic heterocycles. The van der Waals surface area contributed by atoms with Crippen molar-refractivity contribution in [2.75, 3.05) is 10.8 Å². The molecule has 0 saturated carbocycles. The third-order valence-electron chi connectivity index (χ3n) is 5.69. The first-order chi connectivity index (χ1) is 17.6. The minimum atomic E-state index is -4.16. The van der Waals surface area contributed by atoms with E-state index in [9.17, 15) is 23.1 Å². The number of azo groups is 1. The van der Waals surface area contributed by atoms with Crippen molar-refractivity contribution in [2.45, 2.75) is 24.7 Å². The summed E-state index contributed by atoms with van der Waals surface area (Å²) in [7, 11) is -4.16. The lowest BCUT2D eigenvalue weighted by Crippen LogP contribution is -2.35. The van der Waals surface area contributed by atoms with Gasteiger partial charge in [0.25, 0.3) is 15.9 Å². The molecule has 0 bridgehead atoms. The third kappa shape index (κ3) is 5.84. The van der Waals surface area contributed by atoms with Gasteiger partial charge in [-0.05, 0) is 49.2 Å². The van der Waals surface area contributed by atoms with Crippen LogP contribution in [0.25, 0.3) is 10.9 Å². The smallest absolute Gasteiger partial charge is 0.285 e. The number of nitrogens with two attached hydrogens (primary N) is 1. The SMILES string of the molecule is Cc1ccc(N(CC(=O)N=Nc2c(O)[nH]c3ccccc23)S(=O)(=O)c2ccc(CCC(N)=O)cc2)cc1. The summed E-state index contributed by atoms with van der Waals surface area (Å²) in [6, 6.07) is 19.7. The van der Waals surface area contributed by atoms with Crippen LogP contribution in [0.5, 0.6) is 5.88 Å². The maximum Gasteiger partial charge on any atom is 0.285 e. The van der Waals surface area contributed by atoms with Crippen LogP contribution in [0.4, 0.5) is 11.4 Å². The van der Waals surface area contributed by atoms with Crippen LogP contribution in [0.1, 0.15) is 17.5 Å². The lowest BCUT2D eigenvalue weighted by atomic mass is 10.1. The highest BCUT2D eigenvalue weighted by Crippen LogP contribution is 2.35. The van der Waals surface area contributed by atoms with Crippen LogP contribution in [0.15, 0.2) is 87.9 Å². The van der Waals surface area contributed by atoms with Crippen LogP contribution in [0.2, 0.25) is 0 Å². The Morgan fingerprint density at radius 3 is 2.35 bits per heavy atom. The molecule has 10 nitrogen and oxygen atoms in total. The van der Waals surface area contributed by atoms with E-state index in [0.717, 1.165) is 15.4 Å². The van der Waals surface area contributed by atoms with Gasteiger partial charge in [0.2, 0.25) is 11.8 Å². The molecular formula is C26H25N5O5S. The molecule has 4 N–H and O–H groups in total. The summed E-state index contributed by atoms with van der Waals surface area (Å²) in [4.78, 5) is 26.6. The van der Waals surface area contributed by atoms with E-state index in [2.05, 4.69) is 15.2 Å². The number of fused-ring (bicyclic) bond motifs is 1. The second kappa shape index (κ2) is 10.6. The van der Waals surface area contributed by atoms with Crippen molar-refractivity contribution in [1.29, 1.82) is 0 Å². The Labute approximate surface area is 213 Å². The highest BCUT2D eigenvalue weighted by atomic mass is 32.2. The normalized spacial score (nSPS) is 11.7. The fraction of sp³-hybridized carbons (Fsp3) is 0.154. The van der Waals surface area contributed by atoms with Crippen molar-refractivity contribution < 1.29 is 23.1 Å². The summed E-state index contributed by atoms with van der Waals surface area (Å²) in [6.45, 7) is 1.25. The van der Waals surface area contributed by atoms with E-state index in [0.29, 0.717) is 17.3 Å². The number of nitrogens with one attached hydrogen (secondary N) is 1. The van der Waals surface area contributed by atoms with E-state index in [1.165, 1.54) is 12.1 Å². The van der Waals surface area contributed by atoms with Crippen molar-refractivity contribution in [2.24, 2.45) is 16.0 Å². The molecule has 0 aliphatic carbocycles. The quantitative estimate of drug-likeness (QED) is 0.284. The maximum atomic E-state index is 13.6. The molecule has 37 heavy (non-hydrogen) atoms. The van der Waals surface area contributed by atoms with Crippen molar-refractivity contribution in [3.63, 3.8) is 0 Å². The number of carbonyl (C=O) groups excluding carboxylic acids is 2. The minimum Gasteiger partial charge on any atom is -0.493 e. The zero-order valence-electron chi connectivity index (χ0n) is 20.0. The van der Waals surface area contributed by atoms with E-state index in [1.807, 2.05) is 6.92 Å². The second-order valence-electron chi connectivity index (χ2n) is 8.42. The summed E-state index contributed by atoms with van der Waals surface area (Å²) >= 11 is 0. The van der Waals surface area contributed by atoms with Gasteiger partial charge < -0.3 is 15.8 Å². The van der Waals surface area contributed by atoms with Gasteiger partial charge in [0.1, 0.15) is 6.54 Å². The molecule has 0 spiro atoms. The molecular weight excluding hydrogens is 494 g/mol. The molecule has 1 heterocycles. The highest BCUT2D eigenvalue weighted by Gasteiger charge is 2.27. The molecule has 0 atom stereocenters. The second-order valence-corrected chi connectivity index (χ2v) is 10.3. The number of H-pyrrole nitrogens is 1. The number of amides is 2. The Morgan fingerprint density at radius 2 is 1.68 bits per heavy atom. The van der Waals surface area contributed by atoms with E-state index in [-0.39, 0.29) is 28.6 Å². The van der Waals surface area contributed by atoms with E-state index >= 15 is 0 Å². The number of aryl methyl sites for hydroxylation is 2. The molecule has 0 unspecified atom stereocenters. The van der Waals surface area contributed by atoms with Gasteiger partial charge in [0.15, 0.2) is 5.69 Å². The lowest BCUT2D eigenvalue weighted by molar-refractivity contribution is -0.118. The monoisotopic (exact) mass is 519 g/mol. The van der Waals surface area contributed by atoms with Crippen LogP contribution >= 0.6 is 0 Å². The summed E-state index contributed by atoms with van der Waals surface area (Å²) in [5.74, 6) is -1.53. The van der Waals surface area contributed by atoms with E-state index in [1.54, 1.807) is 60.7 Å². The van der Waals surface area contributed by atoms with Crippen molar-refractivity contribution in [1.82, 2.24) is 4.98 Å². The number of hydrogen-bond acceptors (Lipinski definition) is 6. The van der Waals surface area contributed by atoms with Crippen molar-refractivity contribution >= 4 is 44.1 Å². The van der Waals surface area contributed by atoms with Crippen LogP contribution in [0.3, 0.4) is 0 Å². The van der Waals surface area contributed by atoms with Gasteiger partial charge >= 0.3 is 0 Å². The van der Waals surface area contributed by atoms with Gasteiger partial charge in [-0.2, -0.15) is 0 Å². The maximum absolute atomic E-state index is 13.6. The zero-order chi connectivity index (χ0) is 26.6. The highest BCUT2D eigenvalue weighted by molar-refractivity contribution is 7.92. The van der Waals surface area contributed by atoms with Gasteiger partial charge in [-0.15, -0.1) is 10.2 Å². The molecule has 0 aliphatic rings. The average Bonchev–Trinajstić information content (AvgIpc) is 3.20. The number of aromatic nitrogens is 1. The molecule has 11 heteroatoms. The topological polar surface area (TPSA) is 158 Å². The van der Waals surface area contributed by atoms with Crippen LogP contribution in [0, 0.1) is 6.92 Å². The number of para-hydroxylation sites is 1. The van der Waals surface area contributed by atoms with Gasteiger partial charge in [0, 0.05) is 11.8 Å². The third-order valence-corrected chi connectivity index (χ3v) is 7.48. The fourth-order valence-corrected chi connectivity index (χ4v) is 5.14. The summed E-state index contributed by atoms with van der Waals surface area (Å²) in [5, 5.41) is 18.3. The van der Waals surface area contributed by atoms with Gasteiger partial charge in [0.05, 0.1) is 16.1 Å². The molecule has 2 amide bonds. The summed E-state index contributed by atoms with van der Waals surface area (Å²) in [5.41, 5.74) is 7.83. The Bertz CT molecular complexity index is 1580. The standard InChI is InChI=1S/C26H25N5O5S/c1-17-6-11-19(12-7-17)31(37(35,36)20-13-8-18(9-14-20)10-15-23(27)32)16-24(33)29-30-25-21-4-2-3-5-22(21)28-26(25)34/h2-9,11-14,28,34H,10,15-16H2,1H3,(H2,27,32). The number of rotatable bonds is 9. The first-order valence-corrected chi connectivity index (χ1v) is 12.8. The molecule has 3 aromatic carbocycles. The predicted octanol–water partition coefficient (Wildman–Crippen LogP) is 4.11. The van der Waals surface area contributed by atoms with Crippen molar-refractivity contribution in [3.05, 3.63) is 83.9 Å². The average molecular weight is 520 g/mol. The fourth-order valence-electron chi connectivity index (χ4n) is 3.72. The van der Waals surface area contributed by atoms with Gasteiger partial charge in [-0.3, -0.25) is 13.9 Å². The number of primary amides is 1. The number of sulfonamides is 1. The number of anilines is 1. The molecule has 4 aromatic rings. The number of hydrogen-bond donors (Lipinski definition) is 3. The molecule has 0 radical (unpaired) electrons. The Kier molecular flexibility index (Phi) is 7.35. The first kappa shape index (κ1) is 25.6. The Morgan fingerprint density at radius 1 is 1.00 bits per heavy atom. The summed E-state index contributed by atoms with van der Waals surface area (Å²) in [6.07, 6.45) is 0.532. The van der Waals surface area contributed by atoms with Crippen molar-refractivity contribution in [3.8, 4) is 5.88 Å². The zero-order valence-corrected chi connectivity index (χ0v) is 20.8. The molecule has 0 saturated heterocycles. The number of benzene rings is 3. The largest absolute Gasteiger partial charge is 0.493 e. The number of carbonyl (C=O) groups is 2.